The van der Waals surface area contributed by atoms with Crippen molar-refractivity contribution < 1.29 is 9.18 Å². The van der Waals surface area contributed by atoms with E-state index in [9.17, 15) is 9.18 Å². The number of carbonyl (C=O) groups excluding carboxylic acids is 1. The molecule has 0 radical (unpaired) electrons. The van der Waals surface area contributed by atoms with Gasteiger partial charge in [0.2, 0.25) is 0 Å². The van der Waals surface area contributed by atoms with Crippen LogP contribution in [0.2, 0.25) is 5.02 Å². The zero-order valence-corrected chi connectivity index (χ0v) is 12.8. The number of rotatable bonds is 4. The summed E-state index contributed by atoms with van der Waals surface area (Å²) in [6.45, 7) is 0.369. The van der Waals surface area contributed by atoms with Gasteiger partial charge in [0.15, 0.2) is 0 Å². The highest BCUT2D eigenvalue weighted by molar-refractivity contribution is 9.08. The Balaban J connectivity index is 2.02. The number of nitrogens with one attached hydrogen (secondary N) is 1. The van der Waals surface area contributed by atoms with Gasteiger partial charge in [-0.1, -0.05) is 57.9 Å². The van der Waals surface area contributed by atoms with Crippen molar-refractivity contribution in [1.29, 1.82) is 0 Å². The Morgan fingerprint density at radius 2 is 1.80 bits per heavy atom. The van der Waals surface area contributed by atoms with Gasteiger partial charge in [0.05, 0.1) is 10.6 Å². The predicted octanol–water partition coefficient (Wildman–Crippen LogP) is 4.30. The molecule has 0 aliphatic heterocycles. The summed E-state index contributed by atoms with van der Waals surface area (Å²) in [6, 6.07) is 12.0. The molecule has 0 saturated heterocycles. The van der Waals surface area contributed by atoms with Crippen molar-refractivity contribution in [2.24, 2.45) is 0 Å². The zero-order valence-electron chi connectivity index (χ0n) is 10.5. The third-order valence-electron chi connectivity index (χ3n) is 2.83. The van der Waals surface area contributed by atoms with Crippen LogP contribution in [0.25, 0.3) is 0 Å². The molecule has 0 heterocycles. The van der Waals surface area contributed by atoms with E-state index >= 15 is 0 Å². The minimum absolute atomic E-state index is 0.142. The van der Waals surface area contributed by atoms with Crippen LogP contribution >= 0.6 is 27.5 Å². The van der Waals surface area contributed by atoms with E-state index in [0.29, 0.717) is 6.54 Å². The standard InChI is InChI=1S/C15H12BrClFNO/c16-8-10-4-6-11(7-5-10)9-19-15(20)12-2-1-3-13(18)14(12)17/h1-7H,8-9H2,(H,19,20). The molecule has 0 atom stereocenters. The van der Waals surface area contributed by atoms with E-state index in [1.807, 2.05) is 24.3 Å². The number of benzene rings is 2. The molecule has 1 N–H and O–H groups in total. The van der Waals surface area contributed by atoms with Crippen LogP contribution in [0, 0.1) is 5.82 Å². The zero-order chi connectivity index (χ0) is 14.5. The summed E-state index contributed by atoms with van der Waals surface area (Å²) < 4.78 is 13.3. The molecule has 0 fully saturated rings. The molecule has 0 bridgehead atoms. The summed E-state index contributed by atoms with van der Waals surface area (Å²) in [5, 5.41) is 3.36. The molecule has 0 aliphatic carbocycles. The maximum absolute atomic E-state index is 13.3. The fraction of sp³-hybridized carbons (Fsp3) is 0.133. The van der Waals surface area contributed by atoms with Crippen molar-refractivity contribution >= 4 is 33.4 Å². The van der Waals surface area contributed by atoms with E-state index in [2.05, 4.69) is 21.2 Å². The Kier molecular flexibility index (Phi) is 5.15. The molecule has 2 aromatic carbocycles. The summed E-state index contributed by atoms with van der Waals surface area (Å²) in [7, 11) is 0. The van der Waals surface area contributed by atoms with Gasteiger partial charge in [-0.25, -0.2) is 4.39 Å². The highest BCUT2D eigenvalue weighted by atomic mass is 79.9. The molecule has 0 spiro atoms. The molecule has 2 rings (SSSR count). The number of hydrogen-bond donors (Lipinski definition) is 1. The minimum atomic E-state index is -0.596. The van der Waals surface area contributed by atoms with E-state index in [1.165, 1.54) is 18.2 Å². The summed E-state index contributed by atoms with van der Waals surface area (Å²) in [6.07, 6.45) is 0. The molecule has 0 aliphatic rings. The lowest BCUT2D eigenvalue weighted by molar-refractivity contribution is 0.0950. The van der Waals surface area contributed by atoms with Gasteiger partial charge in [-0.15, -0.1) is 0 Å². The lowest BCUT2D eigenvalue weighted by Crippen LogP contribution is -2.23. The Hall–Kier alpha value is -1.39. The van der Waals surface area contributed by atoms with Gasteiger partial charge in [-0.2, -0.15) is 0 Å². The second-order valence-corrected chi connectivity index (χ2v) is 5.17. The quantitative estimate of drug-likeness (QED) is 0.813. The first kappa shape index (κ1) is 15.0. The van der Waals surface area contributed by atoms with Crippen molar-refractivity contribution in [3.05, 3.63) is 70.0 Å². The van der Waals surface area contributed by atoms with Crippen LogP contribution in [0.3, 0.4) is 0 Å². The summed E-state index contributed by atoms with van der Waals surface area (Å²) in [5.41, 5.74) is 2.27. The lowest BCUT2D eigenvalue weighted by atomic mass is 10.1. The maximum atomic E-state index is 13.3. The molecular weight excluding hydrogens is 345 g/mol. The van der Waals surface area contributed by atoms with Crippen molar-refractivity contribution in [3.63, 3.8) is 0 Å². The third kappa shape index (κ3) is 3.58. The number of hydrogen-bond acceptors (Lipinski definition) is 1. The number of carbonyl (C=O) groups is 1. The lowest BCUT2D eigenvalue weighted by Gasteiger charge is -2.07. The smallest absolute Gasteiger partial charge is 0.253 e. The third-order valence-corrected chi connectivity index (χ3v) is 3.86. The number of alkyl halides is 1. The van der Waals surface area contributed by atoms with Gasteiger partial charge >= 0.3 is 0 Å². The topological polar surface area (TPSA) is 29.1 Å². The molecule has 20 heavy (non-hydrogen) atoms. The van der Waals surface area contributed by atoms with Crippen LogP contribution in [0.5, 0.6) is 0 Å². The normalized spacial score (nSPS) is 10.3. The second-order valence-electron chi connectivity index (χ2n) is 4.23. The molecule has 0 saturated carbocycles. The Labute approximate surface area is 130 Å². The molecular formula is C15H12BrClFNO. The maximum Gasteiger partial charge on any atom is 0.253 e. The average Bonchev–Trinajstić information content (AvgIpc) is 2.48. The molecule has 0 unspecified atom stereocenters. The van der Waals surface area contributed by atoms with Gasteiger partial charge in [0.25, 0.3) is 5.91 Å². The number of amides is 1. The molecule has 104 valence electrons. The van der Waals surface area contributed by atoms with Gasteiger partial charge in [0.1, 0.15) is 5.82 Å². The van der Waals surface area contributed by atoms with E-state index < -0.39 is 5.82 Å². The van der Waals surface area contributed by atoms with Crippen molar-refractivity contribution in [2.75, 3.05) is 0 Å². The highest BCUT2D eigenvalue weighted by Crippen LogP contribution is 2.19. The minimum Gasteiger partial charge on any atom is -0.348 e. The van der Waals surface area contributed by atoms with Crippen LogP contribution in [0.1, 0.15) is 21.5 Å². The van der Waals surface area contributed by atoms with Crippen LogP contribution in [0.4, 0.5) is 4.39 Å². The summed E-state index contributed by atoms with van der Waals surface area (Å²) in [4.78, 5) is 11.9. The molecule has 1 amide bonds. The molecule has 5 heteroatoms. The highest BCUT2D eigenvalue weighted by Gasteiger charge is 2.12. The van der Waals surface area contributed by atoms with Gasteiger partial charge in [-0.05, 0) is 23.3 Å². The van der Waals surface area contributed by atoms with Crippen LogP contribution < -0.4 is 5.32 Å². The monoisotopic (exact) mass is 355 g/mol. The van der Waals surface area contributed by atoms with E-state index in [0.717, 1.165) is 16.5 Å². The van der Waals surface area contributed by atoms with Gasteiger partial charge in [-0.3, -0.25) is 4.79 Å². The predicted molar refractivity (Wildman–Crippen MR) is 81.7 cm³/mol. The van der Waals surface area contributed by atoms with Gasteiger partial charge < -0.3 is 5.32 Å². The Morgan fingerprint density at radius 1 is 1.15 bits per heavy atom. The first-order chi connectivity index (χ1) is 9.61. The van der Waals surface area contributed by atoms with Gasteiger partial charge in [0, 0.05) is 11.9 Å². The second kappa shape index (κ2) is 6.86. The largest absolute Gasteiger partial charge is 0.348 e. The summed E-state index contributed by atoms with van der Waals surface area (Å²) >= 11 is 9.14. The van der Waals surface area contributed by atoms with Crippen LogP contribution in [-0.4, -0.2) is 5.91 Å². The SMILES string of the molecule is O=C(NCc1ccc(CBr)cc1)c1cccc(F)c1Cl. The van der Waals surface area contributed by atoms with Crippen molar-refractivity contribution in [2.45, 2.75) is 11.9 Å². The van der Waals surface area contributed by atoms with E-state index in [-0.39, 0.29) is 16.5 Å². The first-order valence-electron chi connectivity index (χ1n) is 5.98. The van der Waals surface area contributed by atoms with Crippen LogP contribution in [-0.2, 0) is 11.9 Å². The fourth-order valence-electron chi connectivity index (χ4n) is 1.70. The van der Waals surface area contributed by atoms with E-state index in [1.54, 1.807) is 0 Å². The fourth-order valence-corrected chi connectivity index (χ4v) is 2.29. The van der Waals surface area contributed by atoms with Crippen LogP contribution in [0.15, 0.2) is 42.5 Å². The molecule has 2 aromatic rings. The van der Waals surface area contributed by atoms with E-state index in [4.69, 9.17) is 11.6 Å². The summed E-state index contributed by atoms with van der Waals surface area (Å²) in [5.74, 6) is -0.986. The first-order valence-corrected chi connectivity index (χ1v) is 7.47. The molecule has 0 aromatic heterocycles. The Bertz CT molecular complexity index is 616. The molecule has 2 nitrogen and oxygen atoms in total. The number of halogens is 3. The Morgan fingerprint density at radius 3 is 2.45 bits per heavy atom. The van der Waals surface area contributed by atoms with Crippen molar-refractivity contribution in [3.8, 4) is 0 Å². The van der Waals surface area contributed by atoms with Crippen molar-refractivity contribution in [1.82, 2.24) is 5.32 Å². The average molecular weight is 357 g/mol.